The standard InChI is InChI=1S/C17H19N5O/c1-11(12-3-4-12)21(2)17(23)13-5-7-15(8-6-13)22-16(19)14(9-18)10-20-22/h5-8,10-12H,3-4,19H2,1-2H3/t11-/m0/s1. The van der Waals surface area contributed by atoms with Crippen LogP contribution in [-0.2, 0) is 0 Å². The molecular weight excluding hydrogens is 290 g/mol. The Morgan fingerprint density at radius 2 is 2.09 bits per heavy atom. The van der Waals surface area contributed by atoms with E-state index in [9.17, 15) is 4.79 Å². The van der Waals surface area contributed by atoms with E-state index < -0.39 is 0 Å². The minimum atomic E-state index is 0.0158. The number of hydrogen-bond donors (Lipinski definition) is 1. The second-order valence-corrected chi connectivity index (χ2v) is 6.01. The van der Waals surface area contributed by atoms with Crippen molar-refractivity contribution < 1.29 is 4.79 Å². The van der Waals surface area contributed by atoms with Crippen LogP contribution in [0.2, 0.25) is 0 Å². The minimum absolute atomic E-state index is 0.0158. The Morgan fingerprint density at radius 1 is 1.43 bits per heavy atom. The summed E-state index contributed by atoms with van der Waals surface area (Å²) in [6.07, 6.45) is 3.84. The van der Waals surface area contributed by atoms with Gasteiger partial charge in [0, 0.05) is 18.7 Å². The van der Waals surface area contributed by atoms with E-state index in [0.29, 0.717) is 22.9 Å². The van der Waals surface area contributed by atoms with Gasteiger partial charge in [0.1, 0.15) is 17.5 Å². The van der Waals surface area contributed by atoms with Crippen molar-refractivity contribution in [2.45, 2.75) is 25.8 Å². The molecule has 0 saturated heterocycles. The average Bonchev–Trinajstić information content (AvgIpc) is 3.36. The lowest BCUT2D eigenvalue weighted by Crippen LogP contribution is -2.36. The van der Waals surface area contributed by atoms with Crippen LogP contribution in [0.4, 0.5) is 5.82 Å². The lowest BCUT2D eigenvalue weighted by molar-refractivity contribution is 0.0727. The van der Waals surface area contributed by atoms with E-state index in [1.807, 2.05) is 18.0 Å². The third kappa shape index (κ3) is 2.78. The molecule has 1 amide bonds. The summed E-state index contributed by atoms with van der Waals surface area (Å²) in [6.45, 7) is 2.10. The molecule has 6 nitrogen and oxygen atoms in total. The first-order valence-electron chi connectivity index (χ1n) is 7.64. The van der Waals surface area contributed by atoms with Crippen LogP contribution >= 0.6 is 0 Å². The summed E-state index contributed by atoms with van der Waals surface area (Å²) in [5.41, 5.74) is 7.57. The summed E-state index contributed by atoms with van der Waals surface area (Å²) < 4.78 is 1.49. The molecule has 1 aromatic carbocycles. The fraction of sp³-hybridized carbons (Fsp3) is 0.353. The van der Waals surface area contributed by atoms with E-state index >= 15 is 0 Å². The second kappa shape index (κ2) is 5.76. The lowest BCUT2D eigenvalue weighted by Gasteiger charge is -2.25. The zero-order valence-electron chi connectivity index (χ0n) is 13.2. The summed E-state index contributed by atoms with van der Waals surface area (Å²) in [5, 5.41) is 13.0. The number of nitriles is 1. The van der Waals surface area contributed by atoms with Crippen LogP contribution in [0, 0.1) is 17.2 Å². The Morgan fingerprint density at radius 3 is 2.61 bits per heavy atom. The van der Waals surface area contributed by atoms with Crippen molar-refractivity contribution in [3.05, 3.63) is 41.6 Å². The van der Waals surface area contributed by atoms with E-state index in [0.717, 1.165) is 5.69 Å². The van der Waals surface area contributed by atoms with Crippen LogP contribution in [0.3, 0.4) is 0 Å². The van der Waals surface area contributed by atoms with Crippen LogP contribution in [0.1, 0.15) is 35.7 Å². The molecule has 1 heterocycles. The molecule has 0 aliphatic heterocycles. The highest BCUT2D eigenvalue weighted by molar-refractivity contribution is 5.94. The largest absolute Gasteiger partial charge is 0.382 e. The summed E-state index contributed by atoms with van der Waals surface area (Å²) >= 11 is 0. The first-order valence-corrected chi connectivity index (χ1v) is 7.64. The van der Waals surface area contributed by atoms with Gasteiger partial charge in [-0.15, -0.1) is 0 Å². The summed E-state index contributed by atoms with van der Waals surface area (Å²) in [6, 6.07) is 9.36. The third-order valence-electron chi connectivity index (χ3n) is 4.52. The SMILES string of the molecule is C[C@@H](C1CC1)N(C)C(=O)c1ccc(-n2ncc(C#N)c2N)cc1. The Labute approximate surface area is 135 Å². The van der Waals surface area contributed by atoms with Gasteiger partial charge in [0.05, 0.1) is 11.9 Å². The molecular formula is C17H19N5O. The highest BCUT2D eigenvalue weighted by atomic mass is 16.2. The van der Waals surface area contributed by atoms with E-state index in [4.69, 9.17) is 11.0 Å². The van der Waals surface area contributed by atoms with Crippen molar-refractivity contribution in [1.82, 2.24) is 14.7 Å². The van der Waals surface area contributed by atoms with Crippen LogP contribution in [0.5, 0.6) is 0 Å². The van der Waals surface area contributed by atoms with Gasteiger partial charge in [-0.1, -0.05) is 0 Å². The van der Waals surface area contributed by atoms with Crippen LogP contribution in [0.25, 0.3) is 5.69 Å². The second-order valence-electron chi connectivity index (χ2n) is 6.01. The smallest absolute Gasteiger partial charge is 0.253 e. The number of anilines is 1. The monoisotopic (exact) mass is 309 g/mol. The number of amides is 1. The number of benzene rings is 1. The van der Waals surface area contributed by atoms with Crippen molar-refractivity contribution >= 4 is 11.7 Å². The number of nitrogens with zero attached hydrogens (tertiary/aromatic N) is 4. The topological polar surface area (TPSA) is 87.9 Å². The van der Waals surface area contributed by atoms with E-state index in [1.54, 1.807) is 24.3 Å². The Bertz CT molecular complexity index is 767. The molecule has 2 N–H and O–H groups in total. The predicted molar refractivity (Wildman–Crippen MR) is 87.0 cm³/mol. The van der Waals surface area contributed by atoms with E-state index in [2.05, 4.69) is 12.0 Å². The number of nitrogen functional groups attached to an aromatic ring is 1. The molecule has 23 heavy (non-hydrogen) atoms. The van der Waals surface area contributed by atoms with Crippen molar-refractivity contribution in [2.24, 2.45) is 5.92 Å². The summed E-state index contributed by atoms with van der Waals surface area (Å²) in [4.78, 5) is 14.3. The zero-order valence-corrected chi connectivity index (χ0v) is 13.2. The highest BCUT2D eigenvalue weighted by Crippen LogP contribution is 2.35. The van der Waals surface area contributed by atoms with E-state index in [1.165, 1.54) is 23.7 Å². The fourth-order valence-electron chi connectivity index (χ4n) is 2.68. The summed E-state index contributed by atoms with van der Waals surface area (Å²) in [7, 11) is 1.85. The maximum absolute atomic E-state index is 12.5. The van der Waals surface area contributed by atoms with Gasteiger partial charge >= 0.3 is 0 Å². The van der Waals surface area contributed by atoms with Crippen LogP contribution < -0.4 is 5.73 Å². The molecule has 6 heteroatoms. The Hall–Kier alpha value is -2.81. The highest BCUT2D eigenvalue weighted by Gasteiger charge is 2.32. The first kappa shape index (κ1) is 15.1. The molecule has 1 atom stereocenters. The molecule has 0 radical (unpaired) electrons. The molecule has 1 aromatic heterocycles. The molecule has 1 fully saturated rings. The van der Waals surface area contributed by atoms with Crippen LogP contribution in [-0.4, -0.2) is 33.7 Å². The number of rotatable bonds is 4. The molecule has 118 valence electrons. The first-order chi connectivity index (χ1) is 11.0. The van der Waals surface area contributed by atoms with Gasteiger partial charge < -0.3 is 10.6 Å². The van der Waals surface area contributed by atoms with E-state index in [-0.39, 0.29) is 11.9 Å². The molecule has 3 rings (SSSR count). The minimum Gasteiger partial charge on any atom is -0.382 e. The Balaban J connectivity index is 1.80. The van der Waals surface area contributed by atoms with Crippen molar-refractivity contribution in [3.8, 4) is 11.8 Å². The molecule has 0 spiro atoms. The number of nitrogens with two attached hydrogens (primary N) is 1. The molecule has 1 aliphatic carbocycles. The molecule has 1 saturated carbocycles. The number of carbonyl (C=O) groups is 1. The maximum atomic E-state index is 12.5. The normalized spacial score (nSPS) is 15.0. The number of aromatic nitrogens is 2. The van der Waals surface area contributed by atoms with Crippen molar-refractivity contribution in [1.29, 1.82) is 5.26 Å². The average molecular weight is 309 g/mol. The zero-order chi connectivity index (χ0) is 16.6. The van der Waals surface area contributed by atoms with Gasteiger partial charge in [0.2, 0.25) is 0 Å². The molecule has 2 aromatic rings. The van der Waals surface area contributed by atoms with Gasteiger partial charge in [-0.25, -0.2) is 4.68 Å². The Kier molecular flexibility index (Phi) is 3.78. The van der Waals surface area contributed by atoms with Crippen molar-refractivity contribution in [3.63, 3.8) is 0 Å². The van der Waals surface area contributed by atoms with Gasteiger partial charge in [-0.2, -0.15) is 10.4 Å². The maximum Gasteiger partial charge on any atom is 0.253 e. The van der Waals surface area contributed by atoms with Gasteiger partial charge in [-0.05, 0) is 49.9 Å². The third-order valence-corrected chi connectivity index (χ3v) is 4.52. The van der Waals surface area contributed by atoms with Crippen LogP contribution in [0.15, 0.2) is 30.5 Å². The van der Waals surface area contributed by atoms with Gasteiger partial charge in [0.25, 0.3) is 5.91 Å². The molecule has 1 aliphatic rings. The quantitative estimate of drug-likeness (QED) is 0.937. The predicted octanol–water partition coefficient (Wildman–Crippen LogP) is 2.20. The summed E-state index contributed by atoms with van der Waals surface area (Å²) in [5.74, 6) is 0.949. The fourth-order valence-corrected chi connectivity index (χ4v) is 2.68. The number of carbonyl (C=O) groups excluding carboxylic acids is 1. The molecule has 0 bridgehead atoms. The van der Waals surface area contributed by atoms with Gasteiger partial charge in [-0.3, -0.25) is 4.79 Å². The van der Waals surface area contributed by atoms with Crippen molar-refractivity contribution in [2.75, 3.05) is 12.8 Å². The lowest BCUT2D eigenvalue weighted by atomic mass is 10.1. The van der Waals surface area contributed by atoms with Gasteiger partial charge in [0.15, 0.2) is 0 Å². The molecule has 0 unspecified atom stereocenters. The number of hydrogen-bond acceptors (Lipinski definition) is 4.